The van der Waals surface area contributed by atoms with Gasteiger partial charge in [-0.3, -0.25) is 14.4 Å². The first kappa shape index (κ1) is 44.7. The van der Waals surface area contributed by atoms with Gasteiger partial charge in [0.1, 0.15) is 23.9 Å². The SMILES string of the molecule is CC(C)OC(=O)N[C@@H](C(=O)N1CCC[C@H]1C(=O)Nc1ccc(C2Cc3cc(-c4c[nH]c([C@@H]5CCCN5C(=O)[C@H](NC(=O)OC(C)C)[C@H]5C=CC=CC5)n4)ccc3N2)cc1)c1ccccc1. The Balaban J connectivity index is 0.890. The summed E-state index contributed by atoms with van der Waals surface area (Å²) in [6, 6.07) is 20.3. The number of ether oxygens (including phenoxy) is 2. The number of imidazole rings is 1. The number of amides is 5. The lowest BCUT2D eigenvalue weighted by Crippen LogP contribution is -2.52. The second-order valence-electron chi connectivity index (χ2n) is 17.7. The largest absolute Gasteiger partial charge is 0.447 e. The van der Waals surface area contributed by atoms with Gasteiger partial charge in [-0.05, 0) is 107 Å². The number of alkyl carbamates (subject to hydrolysis) is 2. The third-order valence-corrected chi connectivity index (χ3v) is 12.3. The van der Waals surface area contributed by atoms with E-state index in [0.717, 1.165) is 47.3 Å². The molecule has 1 aliphatic carbocycles. The molecule has 0 spiro atoms. The summed E-state index contributed by atoms with van der Waals surface area (Å²) in [7, 11) is 0. The molecule has 3 aliphatic heterocycles. The van der Waals surface area contributed by atoms with E-state index in [1.54, 1.807) is 56.9 Å². The van der Waals surface area contributed by atoms with E-state index in [2.05, 4.69) is 38.4 Å². The van der Waals surface area contributed by atoms with Gasteiger partial charge in [-0.1, -0.05) is 72.8 Å². The maximum absolute atomic E-state index is 14.2. The van der Waals surface area contributed by atoms with Gasteiger partial charge in [-0.25, -0.2) is 14.6 Å². The number of fused-ring (bicyclic) bond motifs is 1. The first-order chi connectivity index (χ1) is 31.4. The zero-order chi connectivity index (χ0) is 45.6. The molecule has 5 N–H and O–H groups in total. The summed E-state index contributed by atoms with van der Waals surface area (Å²) in [4.78, 5) is 78.9. The minimum absolute atomic E-state index is 0.0134. The number of hydrogen-bond donors (Lipinski definition) is 5. The molecule has 5 amide bonds. The van der Waals surface area contributed by atoms with Crippen molar-refractivity contribution in [2.24, 2.45) is 5.92 Å². The van der Waals surface area contributed by atoms with E-state index in [9.17, 15) is 24.0 Å². The molecule has 15 nitrogen and oxygen atoms in total. The minimum atomic E-state index is -1.00. The number of likely N-dealkylation sites (tertiary alicyclic amines) is 2. The van der Waals surface area contributed by atoms with Crippen LogP contribution in [0.3, 0.4) is 0 Å². The summed E-state index contributed by atoms with van der Waals surface area (Å²) in [5, 5.41) is 12.2. The molecule has 1 aromatic heterocycles. The standard InChI is InChI=1S/C50H58N8O7/c1-30(2)64-49(62)55-43(33-13-7-5-8-14-33)47(60)57-25-11-17-41(57)45-51-29-40(54-45)35-21-24-38-36(27-35)28-39(53-38)32-19-22-37(23-20-32)52-46(59)42-18-12-26-58(42)48(61)44(34-15-9-6-10-16-34)56-50(63)65-31(3)4/h5-10,13,15-16,19-24,27,29-31,33,39,41-44,53H,11-12,14,17-18,25-26,28H2,1-4H3,(H,51,54)(H,52,59)(H,55,62)(H,56,63)/t33-,39?,41-,42-,43+,44+/m0/s1. The van der Waals surface area contributed by atoms with Crippen LogP contribution in [0.15, 0.2) is 103 Å². The molecule has 0 bridgehead atoms. The highest BCUT2D eigenvalue weighted by molar-refractivity contribution is 5.99. The molecule has 2 fully saturated rings. The van der Waals surface area contributed by atoms with Gasteiger partial charge in [0.15, 0.2) is 0 Å². The molecule has 15 heteroatoms. The van der Waals surface area contributed by atoms with Crippen molar-refractivity contribution in [2.45, 2.75) is 109 Å². The smallest absolute Gasteiger partial charge is 0.408 e. The number of aromatic amines is 1. The molecule has 340 valence electrons. The van der Waals surface area contributed by atoms with E-state index in [-0.39, 0.29) is 47.9 Å². The molecule has 4 aliphatic rings. The number of H-pyrrole nitrogens is 1. The molecule has 3 aromatic carbocycles. The van der Waals surface area contributed by atoms with Gasteiger partial charge in [-0.2, -0.15) is 0 Å². The molecule has 0 radical (unpaired) electrons. The van der Waals surface area contributed by atoms with Gasteiger partial charge in [0.2, 0.25) is 11.8 Å². The average Bonchev–Trinajstić information content (AvgIpc) is 4.14. The van der Waals surface area contributed by atoms with Crippen LogP contribution < -0.4 is 21.3 Å². The maximum Gasteiger partial charge on any atom is 0.408 e. The molecular weight excluding hydrogens is 825 g/mol. The third kappa shape index (κ3) is 10.4. The zero-order valence-corrected chi connectivity index (χ0v) is 37.3. The van der Waals surface area contributed by atoms with Crippen molar-refractivity contribution in [3.63, 3.8) is 0 Å². The van der Waals surface area contributed by atoms with Crippen LogP contribution >= 0.6 is 0 Å². The fraction of sp³-hybridized carbons (Fsp3) is 0.400. The van der Waals surface area contributed by atoms with E-state index in [1.807, 2.05) is 71.8 Å². The summed E-state index contributed by atoms with van der Waals surface area (Å²) in [5.41, 5.74) is 6.20. The number of rotatable bonds is 13. The number of nitrogens with one attached hydrogen (secondary N) is 5. The van der Waals surface area contributed by atoms with Gasteiger partial charge in [0.05, 0.1) is 30.0 Å². The zero-order valence-electron chi connectivity index (χ0n) is 37.3. The van der Waals surface area contributed by atoms with E-state index >= 15 is 0 Å². The summed E-state index contributed by atoms with van der Waals surface area (Å²) in [6.07, 6.45) is 11.9. The van der Waals surface area contributed by atoms with E-state index in [0.29, 0.717) is 49.4 Å². The normalized spacial score (nSPS) is 20.8. The summed E-state index contributed by atoms with van der Waals surface area (Å²) in [5.74, 6) is -0.283. The van der Waals surface area contributed by atoms with Crippen LogP contribution in [0.2, 0.25) is 0 Å². The van der Waals surface area contributed by atoms with Crippen molar-refractivity contribution in [2.75, 3.05) is 23.7 Å². The molecule has 4 heterocycles. The Morgan fingerprint density at radius 3 is 2.25 bits per heavy atom. The number of allylic oxidation sites excluding steroid dienone is 3. The third-order valence-electron chi connectivity index (χ3n) is 12.3. The van der Waals surface area contributed by atoms with E-state index in [1.165, 1.54) is 0 Å². The van der Waals surface area contributed by atoms with Crippen molar-refractivity contribution in [1.29, 1.82) is 0 Å². The molecule has 1 unspecified atom stereocenters. The molecule has 0 saturated carbocycles. The lowest BCUT2D eigenvalue weighted by Gasteiger charge is -2.32. The lowest BCUT2D eigenvalue weighted by atomic mass is 9.91. The predicted molar refractivity (Wildman–Crippen MR) is 246 cm³/mol. The van der Waals surface area contributed by atoms with Crippen molar-refractivity contribution < 1.29 is 33.4 Å². The van der Waals surface area contributed by atoms with Gasteiger partial charge in [0.25, 0.3) is 5.91 Å². The number of benzene rings is 3. The molecule has 6 atom stereocenters. The van der Waals surface area contributed by atoms with Crippen molar-refractivity contribution in [3.8, 4) is 11.3 Å². The van der Waals surface area contributed by atoms with Crippen LogP contribution in [0.4, 0.5) is 21.0 Å². The lowest BCUT2D eigenvalue weighted by molar-refractivity contribution is -0.138. The number of nitrogens with zero attached hydrogens (tertiary/aromatic N) is 3. The maximum atomic E-state index is 14.2. The number of hydrogen-bond acceptors (Lipinski definition) is 9. The van der Waals surface area contributed by atoms with E-state index < -0.39 is 30.3 Å². The molecule has 65 heavy (non-hydrogen) atoms. The number of anilines is 2. The predicted octanol–water partition coefficient (Wildman–Crippen LogP) is 7.89. The Labute approximate surface area is 379 Å². The molecule has 4 aromatic rings. The summed E-state index contributed by atoms with van der Waals surface area (Å²) >= 11 is 0. The summed E-state index contributed by atoms with van der Waals surface area (Å²) in [6.45, 7) is 7.99. The van der Waals surface area contributed by atoms with E-state index in [4.69, 9.17) is 14.5 Å². The first-order valence-corrected chi connectivity index (χ1v) is 22.7. The second kappa shape index (κ2) is 19.9. The van der Waals surface area contributed by atoms with Crippen molar-refractivity contribution in [1.82, 2.24) is 30.4 Å². The highest BCUT2D eigenvalue weighted by Gasteiger charge is 2.40. The van der Waals surface area contributed by atoms with Crippen molar-refractivity contribution >= 4 is 41.3 Å². The highest BCUT2D eigenvalue weighted by atomic mass is 16.6. The Hall–Kier alpha value is -6.90. The highest BCUT2D eigenvalue weighted by Crippen LogP contribution is 2.38. The van der Waals surface area contributed by atoms with Crippen LogP contribution in [0.5, 0.6) is 0 Å². The Morgan fingerprint density at radius 2 is 1.52 bits per heavy atom. The molecular formula is C50H58N8O7. The van der Waals surface area contributed by atoms with Crippen LogP contribution in [0, 0.1) is 5.92 Å². The molecule has 8 rings (SSSR count). The Kier molecular flexibility index (Phi) is 13.7. The number of carbonyl (C=O) groups is 5. The fourth-order valence-corrected chi connectivity index (χ4v) is 9.24. The topological polar surface area (TPSA) is 187 Å². The van der Waals surface area contributed by atoms with Gasteiger partial charge in [-0.15, -0.1) is 0 Å². The fourth-order valence-electron chi connectivity index (χ4n) is 9.24. The number of carbonyl (C=O) groups excluding carboxylic acids is 5. The first-order valence-electron chi connectivity index (χ1n) is 22.7. The quantitative estimate of drug-likeness (QED) is 0.0890. The minimum Gasteiger partial charge on any atom is -0.447 e. The van der Waals surface area contributed by atoms with Crippen molar-refractivity contribution in [3.05, 3.63) is 126 Å². The Bertz CT molecular complexity index is 2430. The number of aromatic nitrogens is 2. The molecule has 2 saturated heterocycles. The van der Waals surface area contributed by atoms with Gasteiger partial charge in [0, 0.05) is 42.1 Å². The van der Waals surface area contributed by atoms with Crippen LogP contribution in [0.25, 0.3) is 11.3 Å². The van der Waals surface area contributed by atoms with Gasteiger partial charge < -0.3 is 45.5 Å². The second-order valence-corrected chi connectivity index (χ2v) is 17.7. The van der Waals surface area contributed by atoms with Crippen LogP contribution in [-0.2, 0) is 30.3 Å². The Morgan fingerprint density at radius 1 is 0.800 bits per heavy atom. The summed E-state index contributed by atoms with van der Waals surface area (Å²) < 4.78 is 10.6. The average molecular weight is 883 g/mol. The van der Waals surface area contributed by atoms with Gasteiger partial charge >= 0.3 is 12.2 Å². The monoisotopic (exact) mass is 882 g/mol. The van der Waals surface area contributed by atoms with Crippen LogP contribution in [0.1, 0.15) is 100 Å². The van der Waals surface area contributed by atoms with Crippen LogP contribution in [-0.4, -0.2) is 87.1 Å².